The summed E-state index contributed by atoms with van der Waals surface area (Å²) < 4.78 is 5.59. The molecule has 0 unspecified atom stereocenters. The summed E-state index contributed by atoms with van der Waals surface area (Å²) in [4.78, 5) is 11.3. The lowest BCUT2D eigenvalue weighted by Gasteiger charge is -2.28. The van der Waals surface area contributed by atoms with Gasteiger partial charge in [0.25, 0.3) is 0 Å². The third kappa shape index (κ3) is 2.97. The van der Waals surface area contributed by atoms with Crippen molar-refractivity contribution in [3.63, 3.8) is 0 Å². The van der Waals surface area contributed by atoms with Crippen LogP contribution in [0.4, 0.5) is 0 Å². The highest BCUT2D eigenvalue weighted by atomic mass is 16.5. The second-order valence-electron chi connectivity index (χ2n) is 5.87. The van der Waals surface area contributed by atoms with Gasteiger partial charge >= 0.3 is 5.97 Å². The van der Waals surface area contributed by atoms with Crippen LogP contribution in [0.25, 0.3) is 0 Å². The zero-order chi connectivity index (χ0) is 14.7. The van der Waals surface area contributed by atoms with Gasteiger partial charge in [-0.3, -0.25) is 0 Å². The quantitative estimate of drug-likeness (QED) is 0.894. The Morgan fingerprint density at radius 2 is 1.95 bits per heavy atom. The van der Waals surface area contributed by atoms with Gasteiger partial charge in [0.2, 0.25) is 0 Å². The molecular weight excluding hydrogens is 252 g/mol. The highest BCUT2D eigenvalue weighted by molar-refractivity contribution is 5.88. The minimum atomic E-state index is -0.854. The lowest BCUT2D eigenvalue weighted by atomic mass is 9.78. The predicted molar refractivity (Wildman–Crippen MR) is 79.7 cm³/mol. The van der Waals surface area contributed by atoms with Crippen LogP contribution in [0.2, 0.25) is 0 Å². The van der Waals surface area contributed by atoms with Crippen molar-refractivity contribution in [3.05, 3.63) is 28.8 Å². The Morgan fingerprint density at radius 1 is 1.30 bits per heavy atom. The molecule has 3 heteroatoms. The summed E-state index contributed by atoms with van der Waals surface area (Å²) in [7, 11) is 1.68. The van der Waals surface area contributed by atoms with E-state index in [4.69, 9.17) is 4.74 Å². The molecule has 3 nitrogen and oxygen atoms in total. The summed E-state index contributed by atoms with van der Waals surface area (Å²) in [6.07, 6.45) is 5.48. The number of benzene rings is 1. The van der Waals surface area contributed by atoms with Crippen LogP contribution in [0.15, 0.2) is 12.1 Å². The third-order valence-electron chi connectivity index (χ3n) is 4.48. The minimum absolute atomic E-state index is 0.385. The molecule has 0 amide bonds. The Kier molecular flexibility index (Phi) is 4.69. The van der Waals surface area contributed by atoms with Crippen LogP contribution in [-0.2, 0) is 6.42 Å². The molecule has 1 fully saturated rings. The number of carboxylic acids is 1. The van der Waals surface area contributed by atoms with E-state index in [0.717, 1.165) is 42.1 Å². The van der Waals surface area contributed by atoms with Crippen molar-refractivity contribution in [2.24, 2.45) is 5.92 Å². The Labute approximate surface area is 121 Å². The summed E-state index contributed by atoms with van der Waals surface area (Å²) >= 11 is 0. The van der Waals surface area contributed by atoms with Crippen molar-refractivity contribution >= 4 is 5.97 Å². The van der Waals surface area contributed by atoms with Crippen molar-refractivity contribution in [3.8, 4) is 5.75 Å². The molecule has 0 saturated heterocycles. The van der Waals surface area contributed by atoms with Gasteiger partial charge in [0.05, 0.1) is 12.7 Å². The summed E-state index contributed by atoms with van der Waals surface area (Å²) in [5.74, 6) is 1.26. The van der Waals surface area contributed by atoms with Crippen molar-refractivity contribution in [1.82, 2.24) is 0 Å². The maximum Gasteiger partial charge on any atom is 0.335 e. The Balaban J connectivity index is 2.43. The molecule has 1 aliphatic rings. The van der Waals surface area contributed by atoms with Gasteiger partial charge in [0, 0.05) is 0 Å². The van der Waals surface area contributed by atoms with Gasteiger partial charge in [0.1, 0.15) is 5.75 Å². The molecule has 2 rings (SSSR count). The summed E-state index contributed by atoms with van der Waals surface area (Å²) in [6, 6.07) is 3.57. The molecule has 0 aliphatic heterocycles. The van der Waals surface area contributed by atoms with Gasteiger partial charge in [-0.1, -0.05) is 26.7 Å². The zero-order valence-corrected chi connectivity index (χ0v) is 12.6. The zero-order valence-electron chi connectivity index (χ0n) is 12.6. The van der Waals surface area contributed by atoms with Crippen LogP contribution in [0.3, 0.4) is 0 Å². The van der Waals surface area contributed by atoms with E-state index in [-0.39, 0.29) is 0 Å². The van der Waals surface area contributed by atoms with E-state index in [1.807, 2.05) is 13.0 Å². The van der Waals surface area contributed by atoms with Crippen LogP contribution in [0.1, 0.15) is 66.9 Å². The second-order valence-corrected chi connectivity index (χ2v) is 5.87. The lowest BCUT2D eigenvalue weighted by Crippen LogP contribution is -2.13. The molecule has 110 valence electrons. The molecule has 1 aliphatic carbocycles. The summed E-state index contributed by atoms with van der Waals surface area (Å²) in [5, 5.41) is 9.29. The maximum atomic E-state index is 11.3. The minimum Gasteiger partial charge on any atom is -0.496 e. The van der Waals surface area contributed by atoms with Crippen molar-refractivity contribution in [2.45, 2.75) is 51.9 Å². The maximum absolute atomic E-state index is 11.3. The molecule has 20 heavy (non-hydrogen) atoms. The first kappa shape index (κ1) is 14.9. The molecule has 1 aromatic rings. The normalized spacial score (nSPS) is 22.6. The molecule has 0 spiro atoms. The fourth-order valence-corrected chi connectivity index (χ4v) is 3.22. The topological polar surface area (TPSA) is 46.5 Å². The number of methoxy groups -OCH3 is 1. The van der Waals surface area contributed by atoms with E-state index in [0.29, 0.717) is 11.5 Å². The second kappa shape index (κ2) is 6.29. The number of hydrogen-bond acceptors (Lipinski definition) is 2. The highest BCUT2D eigenvalue weighted by Gasteiger charge is 2.25. The van der Waals surface area contributed by atoms with E-state index in [2.05, 4.69) is 6.92 Å². The SMILES string of the molecule is CCc1cc(C(=O)O)cc(C2CCC(C)CC2)c1OC. The van der Waals surface area contributed by atoms with Crippen LogP contribution in [0.5, 0.6) is 5.75 Å². The summed E-state index contributed by atoms with van der Waals surface area (Å²) in [6.45, 7) is 4.33. The number of carboxylic acid groups (broad SMARTS) is 1. The molecule has 0 heterocycles. The van der Waals surface area contributed by atoms with Gasteiger partial charge in [-0.05, 0) is 54.4 Å². The fourth-order valence-electron chi connectivity index (χ4n) is 3.22. The first-order valence-electron chi connectivity index (χ1n) is 7.50. The van der Waals surface area contributed by atoms with Crippen molar-refractivity contribution in [2.75, 3.05) is 7.11 Å². The van der Waals surface area contributed by atoms with E-state index in [1.165, 1.54) is 12.8 Å². The van der Waals surface area contributed by atoms with Crippen molar-refractivity contribution < 1.29 is 14.6 Å². The van der Waals surface area contributed by atoms with E-state index < -0.39 is 5.97 Å². The highest BCUT2D eigenvalue weighted by Crippen LogP contribution is 2.41. The first-order chi connectivity index (χ1) is 9.56. The Hall–Kier alpha value is -1.51. The van der Waals surface area contributed by atoms with Gasteiger partial charge in [-0.15, -0.1) is 0 Å². The Morgan fingerprint density at radius 3 is 2.45 bits per heavy atom. The van der Waals surface area contributed by atoms with Gasteiger partial charge in [-0.2, -0.15) is 0 Å². The third-order valence-corrected chi connectivity index (χ3v) is 4.48. The molecule has 0 bridgehead atoms. The molecule has 1 N–H and O–H groups in total. The standard InChI is InChI=1S/C17H24O3/c1-4-12-9-14(17(18)19)10-15(16(12)20-3)13-7-5-11(2)6-8-13/h9-11,13H,4-8H2,1-3H3,(H,18,19). The molecular formula is C17H24O3. The van der Waals surface area contributed by atoms with Gasteiger partial charge < -0.3 is 9.84 Å². The molecule has 0 radical (unpaired) electrons. The number of ether oxygens (including phenoxy) is 1. The largest absolute Gasteiger partial charge is 0.496 e. The lowest BCUT2D eigenvalue weighted by molar-refractivity contribution is 0.0696. The average Bonchev–Trinajstić information content (AvgIpc) is 2.46. The number of aromatic carboxylic acids is 1. The van der Waals surface area contributed by atoms with Crippen LogP contribution in [-0.4, -0.2) is 18.2 Å². The van der Waals surface area contributed by atoms with Gasteiger partial charge in [0.15, 0.2) is 0 Å². The number of hydrogen-bond donors (Lipinski definition) is 1. The van der Waals surface area contributed by atoms with Crippen LogP contribution in [0, 0.1) is 5.92 Å². The predicted octanol–water partition coefficient (Wildman–Crippen LogP) is 4.25. The first-order valence-corrected chi connectivity index (χ1v) is 7.50. The molecule has 0 atom stereocenters. The number of rotatable bonds is 4. The van der Waals surface area contributed by atoms with Crippen LogP contribution < -0.4 is 4.74 Å². The van der Waals surface area contributed by atoms with Crippen LogP contribution >= 0.6 is 0 Å². The molecule has 1 aromatic carbocycles. The van der Waals surface area contributed by atoms with Gasteiger partial charge in [-0.25, -0.2) is 4.79 Å². The molecule has 0 aromatic heterocycles. The van der Waals surface area contributed by atoms with E-state index in [1.54, 1.807) is 13.2 Å². The molecule has 1 saturated carbocycles. The van der Waals surface area contributed by atoms with E-state index >= 15 is 0 Å². The number of aryl methyl sites for hydroxylation is 1. The number of carbonyl (C=O) groups is 1. The van der Waals surface area contributed by atoms with Crippen molar-refractivity contribution in [1.29, 1.82) is 0 Å². The van der Waals surface area contributed by atoms with E-state index in [9.17, 15) is 9.90 Å². The smallest absolute Gasteiger partial charge is 0.335 e. The average molecular weight is 276 g/mol. The Bertz CT molecular complexity index is 485. The fraction of sp³-hybridized carbons (Fsp3) is 0.588. The monoisotopic (exact) mass is 276 g/mol. The summed E-state index contributed by atoms with van der Waals surface area (Å²) in [5.41, 5.74) is 2.48.